The van der Waals surface area contributed by atoms with E-state index in [0.29, 0.717) is 28.3 Å². The zero-order chi connectivity index (χ0) is 26.2. The van der Waals surface area contributed by atoms with Crippen molar-refractivity contribution in [2.24, 2.45) is 0 Å². The number of carbonyl (C=O) groups is 2. The number of nitrogens with one attached hydrogen (secondary N) is 1. The molecule has 36 heavy (non-hydrogen) atoms. The summed E-state index contributed by atoms with van der Waals surface area (Å²) < 4.78 is 33.4. The number of amides is 2. The van der Waals surface area contributed by atoms with Crippen molar-refractivity contribution in [2.75, 3.05) is 26.5 Å². The Labute approximate surface area is 209 Å². The molecule has 4 rings (SSSR count). The fourth-order valence-electron chi connectivity index (χ4n) is 3.06. The lowest BCUT2D eigenvalue weighted by atomic mass is 10.1. The summed E-state index contributed by atoms with van der Waals surface area (Å²) in [7, 11) is 4.74. The maximum Gasteiger partial charge on any atom is 0.335 e. The van der Waals surface area contributed by atoms with Crippen molar-refractivity contribution in [1.82, 2.24) is 14.9 Å². The van der Waals surface area contributed by atoms with Gasteiger partial charge in [-0.15, -0.1) is 0 Å². The monoisotopic (exact) mass is 510 g/mol. The van der Waals surface area contributed by atoms with Crippen LogP contribution in [0.1, 0.15) is 26.5 Å². The third-order valence-electron chi connectivity index (χ3n) is 4.81. The first-order valence-electron chi connectivity index (χ1n) is 10.4. The first-order chi connectivity index (χ1) is 17.2. The lowest BCUT2D eigenvalue weighted by molar-refractivity contribution is 0.0799. The van der Waals surface area contributed by atoms with Gasteiger partial charge < -0.3 is 24.1 Å². The molecule has 1 N–H and O–H groups in total. The SMILES string of the molecule is COc1cnc(NC(=O)c2cc(Oc3ccc(C)cc3)c3cc(C(=O)N(C)C)oc3c2)cn1.O=S=O. The van der Waals surface area contributed by atoms with Gasteiger partial charge in [-0.3, -0.25) is 9.59 Å². The van der Waals surface area contributed by atoms with E-state index in [-0.39, 0.29) is 23.0 Å². The number of rotatable bonds is 6. The van der Waals surface area contributed by atoms with E-state index < -0.39 is 17.5 Å². The highest BCUT2D eigenvalue weighted by Crippen LogP contribution is 2.34. The highest BCUT2D eigenvalue weighted by molar-refractivity contribution is 7.51. The Morgan fingerprint density at radius 3 is 2.31 bits per heavy atom. The summed E-state index contributed by atoms with van der Waals surface area (Å²) in [6, 6.07) is 12.2. The topological polar surface area (TPSA) is 141 Å². The molecule has 2 heterocycles. The quantitative estimate of drug-likeness (QED) is 0.412. The number of furan rings is 1. The van der Waals surface area contributed by atoms with E-state index in [0.717, 1.165) is 5.56 Å². The van der Waals surface area contributed by atoms with Gasteiger partial charge in [0.2, 0.25) is 5.88 Å². The molecule has 0 radical (unpaired) electrons. The minimum absolute atomic E-state index is 0.141. The zero-order valence-corrected chi connectivity index (χ0v) is 20.6. The lowest BCUT2D eigenvalue weighted by Crippen LogP contribution is -2.20. The Morgan fingerprint density at radius 2 is 1.72 bits per heavy atom. The van der Waals surface area contributed by atoms with Crippen molar-refractivity contribution in [2.45, 2.75) is 6.92 Å². The second kappa shape index (κ2) is 11.7. The van der Waals surface area contributed by atoms with E-state index in [1.165, 1.54) is 24.4 Å². The normalized spacial score (nSPS) is 10.1. The summed E-state index contributed by atoms with van der Waals surface area (Å²) in [4.78, 5) is 34.9. The van der Waals surface area contributed by atoms with Crippen LogP contribution in [0.25, 0.3) is 11.0 Å². The van der Waals surface area contributed by atoms with Crippen molar-refractivity contribution in [3.63, 3.8) is 0 Å². The van der Waals surface area contributed by atoms with Gasteiger partial charge in [-0.05, 0) is 31.2 Å². The average Bonchev–Trinajstić information content (AvgIpc) is 3.30. The number of aryl methyl sites for hydroxylation is 1. The summed E-state index contributed by atoms with van der Waals surface area (Å²) in [5, 5.41) is 3.25. The summed E-state index contributed by atoms with van der Waals surface area (Å²) in [6.45, 7) is 1.98. The van der Waals surface area contributed by atoms with Crippen molar-refractivity contribution in [3.05, 3.63) is 71.7 Å². The van der Waals surface area contributed by atoms with Crippen LogP contribution in [0.15, 0.2) is 59.3 Å². The Kier molecular flexibility index (Phi) is 8.47. The summed E-state index contributed by atoms with van der Waals surface area (Å²) >= 11 is -0.750. The number of ether oxygens (including phenoxy) is 2. The second-order valence-corrected chi connectivity index (χ2v) is 7.71. The number of aromatic nitrogens is 2. The van der Waals surface area contributed by atoms with E-state index in [4.69, 9.17) is 22.3 Å². The minimum atomic E-state index is -0.750. The highest BCUT2D eigenvalue weighted by atomic mass is 32.1. The van der Waals surface area contributed by atoms with Crippen LogP contribution in [0.4, 0.5) is 5.82 Å². The smallest absolute Gasteiger partial charge is 0.335 e. The van der Waals surface area contributed by atoms with E-state index >= 15 is 0 Å². The Bertz CT molecular complexity index is 1410. The average molecular weight is 511 g/mol. The molecule has 2 amide bonds. The summed E-state index contributed by atoms with van der Waals surface area (Å²) in [5.74, 6) is 0.948. The molecular formula is C24H22N4O7S. The van der Waals surface area contributed by atoms with Gasteiger partial charge in [-0.25, -0.2) is 9.97 Å². The van der Waals surface area contributed by atoms with Gasteiger partial charge in [-0.2, -0.15) is 8.42 Å². The molecule has 11 nitrogen and oxygen atoms in total. The van der Waals surface area contributed by atoms with Crippen LogP contribution in [0, 0.1) is 6.92 Å². The zero-order valence-electron chi connectivity index (χ0n) is 19.8. The number of nitrogens with zero attached hydrogens (tertiary/aromatic N) is 3. The van der Waals surface area contributed by atoms with Crippen LogP contribution >= 0.6 is 0 Å². The van der Waals surface area contributed by atoms with Gasteiger partial charge in [0.25, 0.3) is 11.8 Å². The number of fused-ring (bicyclic) bond motifs is 1. The Balaban J connectivity index is 0.00000115. The predicted molar refractivity (Wildman–Crippen MR) is 131 cm³/mol. The molecule has 0 atom stereocenters. The molecule has 0 bridgehead atoms. The van der Waals surface area contributed by atoms with Crippen LogP contribution in [0.5, 0.6) is 17.4 Å². The molecule has 4 aromatic rings. The van der Waals surface area contributed by atoms with E-state index in [2.05, 4.69) is 15.3 Å². The molecule has 2 aromatic heterocycles. The van der Waals surface area contributed by atoms with Crippen LogP contribution in [0.3, 0.4) is 0 Å². The highest BCUT2D eigenvalue weighted by Gasteiger charge is 2.20. The number of carbonyl (C=O) groups excluding carboxylic acids is 2. The minimum Gasteiger partial charge on any atom is -0.480 e. The molecular weight excluding hydrogens is 488 g/mol. The fraction of sp³-hybridized carbons (Fsp3) is 0.167. The van der Waals surface area contributed by atoms with Gasteiger partial charge in [0.15, 0.2) is 11.6 Å². The van der Waals surface area contributed by atoms with Gasteiger partial charge >= 0.3 is 11.6 Å². The van der Waals surface area contributed by atoms with Gasteiger partial charge in [0.05, 0.1) is 24.9 Å². The van der Waals surface area contributed by atoms with E-state index in [1.54, 1.807) is 32.3 Å². The Hall–Kier alpha value is -4.58. The van der Waals surface area contributed by atoms with Crippen LogP contribution in [0.2, 0.25) is 0 Å². The first-order valence-corrected chi connectivity index (χ1v) is 11.0. The second-order valence-electron chi connectivity index (χ2n) is 7.58. The molecule has 2 aromatic carbocycles. The summed E-state index contributed by atoms with van der Waals surface area (Å²) in [6.07, 6.45) is 2.79. The molecule has 0 aliphatic rings. The molecule has 0 fully saturated rings. The molecule has 0 unspecified atom stereocenters. The molecule has 186 valence electrons. The number of benzene rings is 2. The number of hydrogen-bond donors (Lipinski definition) is 1. The molecule has 0 aliphatic heterocycles. The lowest BCUT2D eigenvalue weighted by Gasteiger charge is -2.10. The molecule has 12 heteroatoms. The van der Waals surface area contributed by atoms with Gasteiger partial charge in [0.1, 0.15) is 17.1 Å². The van der Waals surface area contributed by atoms with Crippen molar-refractivity contribution >= 4 is 40.2 Å². The molecule has 0 aliphatic carbocycles. The largest absolute Gasteiger partial charge is 0.480 e. The maximum atomic E-state index is 12.9. The maximum absolute atomic E-state index is 12.9. The van der Waals surface area contributed by atoms with Crippen LogP contribution in [-0.2, 0) is 11.6 Å². The third kappa shape index (κ3) is 6.30. The summed E-state index contributed by atoms with van der Waals surface area (Å²) in [5.41, 5.74) is 1.69. The van der Waals surface area contributed by atoms with E-state index in [1.807, 2.05) is 31.2 Å². The number of anilines is 1. The molecule has 0 saturated carbocycles. The predicted octanol–water partition coefficient (Wildman–Crippen LogP) is 3.62. The molecule has 0 spiro atoms. The van der Waals surface area contributed by atoms with Crippen molar-refractivity contribution in [1.29, 1.82) is 0 Å². The number of hydrogen-bond acceptors (Lipinski definition) is 9. The van der Waals surface area contributed by atoms with E-state index in [9.17, 15) is 9.59 Å². The van der Waals surface area contributed by atoms with Crippen LogP contribution < -0.4 is 14.8 Å². The van der Waals surface area contributed by atoms with Crippen LogP contribution in [-0.4, -0.2) is 56.3 Å². The third-order valence-corrected chi connectivity index (χ3v) is 4.81. The standard InChI is InChI=1S/C24H22N4O5.O2S/c1-14-5-7-16(8-6-14)32-18-9-15(23(29)27-21-12-26-22(31-4)13-25-21)10-19-17(18)11-20(33-19)24(30)28(2)3;1-3-2/h5-13H,1-4H3,(H,25,27,29);. The van der Waals surface area contributed by atoms with Crippen molar-refractivity contribution in [3.8, 4) is 17.4 Å². The molecule has 0 saturated heterocycles. The first kappa shape index (κ1) is 26.0. The van der Waals surface area contributed by atoms with Crippen molar-refractivity contribution < 1.29 is 31.9 Å². The number of methoxy groups -OCH3 is 1. The van der Waals surface area contributed by atoms with Gasteiger partial charge in [0, 0.05) is 25.7 Å². The fourth-order valence-corrected chi connectivity index (χ4v) is 3.06. The van der Waals surface area contributed by atoms with Gasteiger partial charge in [-0.1, -0.05) is 17.7 Å². The Morgan fingerprint density at radius 1 is 1.03 bits per heavy atom.